The molecule has 2 aliphatic rings. The van der Waals surface area contributed by atoms with Gasteiger partial charge < -0.3 is 4.74 Å². The number of cyclic esters (lactones) is 1. The molecular formula is C20H28O3. The fourth-order valence-electron chi connectivity index (χ4n) is 3.63. The van der Waals surface area contributed by atoms with E-state index in [0.29, 0.717) is 25.0 Å². The van der Waals surface area contributed by atoms with Gasteiger partial charge in [-0.3, -0.25) is 4.79 Å². The Morgan fingerprint density at radius 2 is 2.09 bits per heavy atom. The van der Waals surface area contributed by atoms with E-state index in [1.807, 2.05) is 19.1 Å². The Morgan fingerprint density at radius 3 is 2.78 bits per heavy atom. The van der Waals surface area contributed by atoms with Gasteiger partial charge in [0.05, 0.1) is 6.61 Å². The van der Waals surface area contributed by atoms with E-state index in [1.165, 1.54) is 5.57 Å². The Kier molecular flexibility index (Phi) is 5.97. The highest BCUT2D eigenvalue weighted by Gasteiger charge is 2.41. The zero-order valence-electron chi connectivity index (χ0n) is 14.7. The molecule has 0 amide bonds. The summed E-state index contributed by atoms with van der Waals surface area (Å²) in [7, 11) is 0. The maximum Gasteiger partial charge on any atom is 0.334 e. The summed E-state index contributed by atoms with van der Waals surface area (Å²) in [6, 6.07) is 0. The first kappa shape index (κ1) is 17.7. The predicted molar refractivity (Wildman–Crippen MR) is 91.8 cm³/mol. The van der Waals surface area contributed by atoms with Crippen molar-refractivity contribution < 1.29 is 14.3 Å². The molecule has 0 aromatic heterocycles. The van der Waals surface area contributed by atoms with E-state index in [0.717, 1.165) is 18.4 Å². The van der Waals surface area contributed by atoms with Gasteiger partial charge in [0.25, 0.3) is 0 Å². The third-order valence-corrected chi connectivity index (χ3v) is 4.88. The topological polar surface area (TPSA) is 43.4 Å². The van der Waals surface area contributed by atoms with Crippen molar-refractivity contribution in [3.05, 3.63) is 34.9 Å². The maximum atomic E-state index is 12.9. The molecule has 0 unspecified atom stereocenters. The first-order chi connectivity index (χ1) is 10.9. The molecule has 3 nitrogen and oxygen atoms in total. The SMILES string of the molecule is CC(C)=CCC[C@@H](C)[C@@H]1C(=O)C/C(C)=C\C/C=C2\C(=O)OC[C@H]21. The van der Waals surface area contributed by atoms with E-state index in [-0.39, 0.29) is 29.5 Å². The van der Waals surface area contributed by atoms with Crippen LogP contribution < -0.4 is 0 Å². The van der Waals surface area contributed by atoms with Gasteiger partial charge in [0.2, 0.25) is 0 Å². The minimum atomic E-state index is -0.239. The van der Waals surface area contributed by atoms with Gasteiger partial charge in [-0.1, -0.05) is 36.3 Å². The second-order valence-electron chi connectivity index (χ2n) is 7.16. The molecule has 1 saturated heterocycles. The molecule has 1 aliphatic heterocycles. The minimum Gasteiger partial charge on any atom is -0.462 e. The smallest absolute Gasteiger partial charge is 0.334 e. The van der Waals surface area contributed by atoms with E-state index in [9.17, 15) is 9.59 Å². The Bertz CT molecular complexity index is 561. The summed E-state index contributed by atoms with van der Waals surface area (Å²) in [6.07, 6.45) is 9.35. The Morgan fingerprint density at radius 1 is 1.35 bits per heavy atom. The van der Waals surface area contributed by atoms with Crippen LogP contribution in [0.1, 0.15) is 53.4 Å². The largest absolute Gasteiger partial charge is 0.462 e. The third kappa shape index (κ3) is 4.43. The van der Waals surface area contributed by atoms with Crippen molar-refractivity contribution in [2.24, 2.45) is 17.8 Å². The van der Waals surface area contributed by atoms with Crippen LogP contribution in [0.3, 0.4) is 0 Å². The summed E-state index contributed by atoms with van der Waals surface area (Å²) in [5.74, 6) is 0.0550. The van der Waals surface area contributed by atoms with Crippen molar-refractivity contribution in [3.63, 3.8) is 0 Å². The molecule has 0 N–H and O–H groups in total. The second-order valence-corrected chi connectivity index (χ2v) is 7.16. The summed E-state index contributed by atoms with van der Waals surface area (Å²) in [4.78, 5) is 24.9. The Hall–Kier alpha value is -1.64. The van der Waals surface area contributed by atoms with Gasteiger partial charge in [-0.15, -0.1) is 0 Å². The lowest BCUT2D eigenvalue weighted by atomic mass is 9.74. The number of esters is 1. The molecule has 0 aromatic carbocycles. The number of fused-ring (bicyclic) bond motifs is 1. The molecule has 3 heteroatoms. The highest BCUT2D eigenvalue weighted by atomic mass is 16.5. The van der Waals surface area contributed by atoms with Crippen LogP contribution in [0.15, 0.2) is 34.9 Å². The van der Waals surface area contributed by atoms with E-state index in [2.05, 4.69) is 26.8 Å². The number of hydrogen-bond donors (Lipinski definition) is 0. The van der Waals surface area contributed by atoms with Crippen LogP contribution in [0.4, 0.5) is 0 Å². The summed E-state index contributed by atoms with van der Waals surface area (Å²) in [5.41, 5.74) is 3.11. The average Bonchev–Trinajstić information content (AvgIpc) is 2.82. The summed E-state index contributed by atoms with van der Waals surface area (Å²) < 4.78 is 5.26. The van der Waals surface area contributed by atoms with Crippen LogP contribution in [0, 0.1) is 17.8 Å². The van der Waals surface area contributed by atoms with Crippen molar-refractivity contribution in [1.82, 2.24) is 0 Å². The molecule has 0 radical (unpaired) electrons. The molecule has 0 bridgehead atoms. The molecule has 0 saturated carbocycles. The third-order valence-electron chi connectivity index (χ3n) is 4.88. The van der Waals surface area contributed by atoms with Gasteiger partial charge in [-0.2, -0.15) is 0 Å². The Labute approximate surface area is 139 Å². The molecule has 23 heavy (non-hydrogen) atoms. The first-order valence-corrected chi connectivity index (χ1v) is 8.59. The fourth-order valence-corrected chi connectivity index (χ4v) is 3.63. The van der Waals surface area contributed by atoms with E-state index >= 15 is 0 Å². The second kappa shape index (κ2) is 7.76. The van der Waals surface area contributed by atoms with Gasteiger partial charge in [-0.25, -0.2) is 4.79 Å². The van der Waals surface area contributed by atoms with Gasteiger partial charge in [0.15, 0.2) is 0 Å². The van der Waals surface area contributed by atoms with Gasteiger partial charge in [-0.05, 0) is 46.0 Å². The number of Topliss-reactive ketones (excluding diaryl/α,β-unsaturated/α-hetero) is 1. The number of ketones is 1. The van der Waals surface area contributed by atoms with Crippen LogP contribution >= 0.6 is 0 Å². The standard InChI is InChI=1S/C20H28O3/c1-13(2)7-5-9-15(4)19-17-12-23-20(22)16(17)10-6-8-14(3)11-18(19)21/h7-8,10,15,17,19H,5-6,9,11-12H2,1-4H3/b14-8-,16-10-/t15-,17-,19+/m1/s1. The van der Waals surface area contributed by atoms with Crippen molar-refractivity contribution in [3.8, 4) is 0 Å². The van der Waals surface area contributed by atoms with Crippen LogP contribution in [-0.4, -0.2) is 18.4 Å². The number of carbonyl (C=O) groups excluding carboxylic acids is 2. The highest BCUT2D eigenvalue weighted by molar-refractivity contribution is 5.94. The number of carbonyl (C=O) groups is 2. The van der Waals surface area contributed by atoms with Crippen molar-refractivity contribution in [2.75, 3.05) is 6.61 Å². The molecule has 1 aliphatic carbocycles. The van der Waals surface area contributed by atoms with Crippen molar-refractivity contribution >= 4 is 11.8 Å². The van der Waals surface area contributed by atoms with Crippen LogP contribution in [0.2, 0.25) is 0 Å². The zero-order valence-corrected chi connectivity index (χ0v) is 14.7. The van der Waals surface area contributed by atoms with Gasteiger partial charge in [0, 0.05) is 23.8 Å². The van der Waals surface area contributed by atoms with Crippen molar-refractivity contribution in [2.45, 2.75) is 53.4 Å². The monoisotopic (exact) mass is 316 g/mol. The summed E-state index contributed by atoms with van der Waals surface area (Å²) in [5, 5.41) is 0. The first-order valence-electron chi connectivity index (χ1n) is 8.59. The lowest BCUT2D eigenvalue weighted by Crippen LogP contribution is -2.31. The van der Waals surface area contributed by atoms with E-state index in [4.69, 9.17) is 4.74 Å². The zero-order chi connectivity index (χ0) is 17.0. The van der Waals surface area contributed by atoms with E-state index in [1.54, 1.807) is 0 Å². The minimum absolute atomic E-state index is 0.0731. The molecule has 1 fully saturated rings. The molecule has 126 valence electrons. The highest BCUT2D eigenvalue weighted by Crippen LogP contribution is 2.37. The maximum absolute atomic E-state index is 12.9. The molecule has 1 heterocycles. The normalized spacial score (nSPS) is 30.6. The number of hydrogen-bond acceptors (Lipinski definition) is 3. The number of allylic oxidation sites excluding steroid dienone is 5. The summed E-state index contributed by atoms with van der Waals surface area (Å²) >= 11 is 0. The molecule has 3 atom stereocenters. The lowest BCUT2D eigenvalue weighted by Gasteiger charge is -2.27. The molecular weight excluding hydrogens is 288 g/mol. The quantitative estimate of drug-likeness (QED) is 0.570. The van der Waals surface area contributed by atoms with Crippen molar-refractivity contribution in [1.29, 1.82) is 0 Å². The van der Waals surface area contributed by atoms with Crippen LogP contribution in [-0.2, 0) is 14.3 Å². The fraction of sp³-hybridized carbons (Fsp3) is 0.600. The average molecular weight is 316 g/mol. The lowest BCUT2D eigenvalue weighted by molar-refractivity contribution is -0.135. The number of rotatable bonds is 4. The molecule has 0 spiro atoms. The van der Waals surface area contributed by atoms with Crippen LogP contribution in [0.5, 0.6) is 0 Å². The predicted octanol–water partition coefficient (Wildman–Crippen LogP) is 4.39. The number of ether oxygens (including phenoxy) is 1. The van der Waals surface area contributed by atoms with Gasteiger partial charge in [0.1, 0.15) is 5.78 Å². The Balaban J connectivity index is 2.24. The van der Waals surface area contributed by atoms with E-state index < -0.39 is 0 Å². The van der Waals surface area contributed by atoms with Crippen LogP contribution in [0.25, 0.3) is 0 Å². The summed E-state index contributed by atoms with van der Waals surface area (Å²) in [6.45, 7) is 8.68. The molecule has 0 aromatic rings. The van der Waals surface area contributed by atoms with Gasteiger partial charge >= 0.3 is 5.97 Å². The molecule has 2 rings (SSSR count).